The fourth-order valence-corrected chi connectivity index (χ4v) is 4.21. The Bertz CT molecular complexity index is 815. The van der Waals surface area contributed by atoms with Crippen LogP contribution in [0.15, 0.2) is 70.5 Å². The van der Waals surface area contributed by atoms with Crippen molar-refractivity contribution in [3.63, 3.8) is 0 Å². The van der Waals surface area contributed by atoms with Gasteiger partial charge in [0.1, 0.15) is 0 Å². The van der Waals surface area contributed by atoms with Crippen LogP contribution < -0.4 is 4.90 Å². The molecule has 1 nitrogen and oxygen atoms in total. The summed E-state index contributed by atoms with van der Waals surface area (Å²) in [5.41, 5.74) is 2.55. The second kappa shape index (κ2) is 5.28. The molecule has 0 fully saturated rings. The summed E-state index contributed by atoms with van der Waals surface area (Å²) in [6.07, 6.45) is 0. The molecule has 1 aliphatic heterocycles. The van der Waals surface area contributed by atoms with Crippen molar-refractivity contribution < 1.29 is 0 Å². The Balaban J connectivity index is 2.00. The summed E-state index contributed by atoms with van der Waals surface area (Å²) in [6.45, 7) is 0.820. The summed E-state index contributed by atoms with van der Waals surface area (Å²) < 4.78 is 0. The van der Waals surface area contributed by atoms with Gasteiger partial charge in [0.15, 0.2) is 0 Å². The van der Waals surface area contributed by atoms with E-state index in [9.17, 15) is 0 Å². The molecule has 0 atom stereocenters. The molecule has 0 unspecified atom stereocenters. The molecule has 0 radical (unpaired) electrons. The van der Waals surface area contributed by atoms with E-state index in [0.29, 0.717) is 5.88 Å². The highest BCUT2D eigenvalue weighted by molar-refractivity contribution is 7.99. The SMILES string of the molecule is ClCCN1c2ccccc2Sc2ccc3ccccc3c21. The molecule has 1 heterocycles. The minimum atomic E-state index is 0.613. The molecule has 0 saturated heterocycles. The third-order valence-electron chi connectivity index (χ3n) is 3.82. The quantitative estimate of drug-likeness (QED) is 0.560. The fourth-order valence-electron chi connectivity index (χ4n) is 2.92. The van der Waals surface area contributed by atoms with Crippen molar-refractivity contribution in [2.24, 2.45) is 0 Å². The lowest BCUT2D eigenvalue weighted by Crippen LogP contribution is -2.23. The maximum absolute atomic E-state index is 6.07. The van der Waals surface area contributed by atoms with Gasteiger partial charge in [0.25, 0.3) is 0 Å². The zero-order valence-corrected chi connectivity index (χ0v) is 13.0. The van der Waals surface area contributed by atoms with Crippen LogP contribution in [0.3, 0.4) is 0 Å². The van der Waals surface area contributed by atoms with Gasteiger partial charge in [-0.1, -0.05) is 54.2 Å². The first-order chi connectivity index (χ1) is 10.4. The summed E-state index contributed by atoms with van der Waals surface area (Å²) in [5, 5.41) is 2.57. The van der Waals surface area contributed by atoms with Gasteiger partial charge in [0, 0.05) is 27.6 Å². The van der Waals surface area contributed by atoms with E-state index in [1.165, 1.54) is 31.9 Å². The fraction of sp³-hybridized carbons (Fsp3) is 0.111. The van der Waals surface area contributed by atoms with Crippen molar-refractivity contribution in [2.45, 2.75) is 9.79 Å². The summed E-state index contributed by atoms with van der Waals surface area (Å²) in [5.74, 6) is 0.613. The number of anilines is 2. The van der Waals surface area contributed by atoms with Gasteiger partial charge >= 0.3 is 0 Å². The molecule has 0 spiro atoms. The van der Waals surface area contributed by atoms with E-state index < -0.39 is 0 Å². The van der Waals surface area contributed by atoms with Crippen LogP contribution in [0.4, 0.5) is 11.4 Å². The number of hydrogen-bond acceptors (Lipinski definition) is 2. The predicted molar refractivity (Wildman–Crippen MR) is 92.2 cm³/mol. The lowest BCUT2D eigenvalue weighted by Gasteiger charge is -2.33. The van der Waals surface area contributed by atoms with Gasteiger partial charge < -0.3 is 4.90 Å². The monoisotopic (exact) mass is 311 g/mol. The van der Waals surface area contributed by atoms with Crippen molar-refractivity contribution in [3.05, 3.63) is 60.7 Å². The standard InChI is InChI=1S/C18H14ClNS/c19-11-12-20-15-7-3-4-8-16(15)21-17-10-9-13-5-1-2-6-14(13)18(17)20/h1-10H,11-12H2. The Labute approximate surface area is 133 Å². The molecular formula is C18H14ClNS. The molecule has 0 bridgehead atoms. The maximum Gasteiger partial charge on any atom is 0.0632 e. The number of para-hydroxylation sites is 1. The van der Waals surface area contributed by atoms with E-state index in [1.54, 1.807) is 0 Å². The van der Waals surface area contributed by atoms with Crippen LogP contribution in [0.1, 0.15) is 0 Å². The van der Waals surface area contributed by atoms with Crippen molar-refractivity contribution in [1.82, 2.24) is 0 Å². The molecule has 0 aromatic heterocycles. The van der Waals surface area contributed by atoms with E-state index in [0.717, 1.165) is 6.54 Å². The summed E-state index contributed by atoms with van der Waals surface area (Å²) >= 11 is 7.91. The second-order valence-corrected chi connectivity index (χ2v) is 6.51. The number of rotatable bonds is 2. The van der Waals surface area contributed by atoms with Crippen LogP contribution in [0.25, 0.3) is 10.8 Å². The lowest BCUT2D eigenvalue weighted by atomic mass is 10.1. The van der Waals surface area contributed by atoms with E-state index in [-0.39, 0.29) is 0 Å². The first-order valence-corrected chi connectivity index (χ1v) is 8.36. The normalized spacial score (nSPS) is 13.1. The Morgan fingerprint density at radius 3 is 2.57 bits per heavy atom. The zero-order chi connectivity index (χ0) is 14.2. The Morgan fingerprint density at radius 1 is 0.857 bits per heavy atom. The van der Waals surface area contributed by atoms with E-state index in [4.69, 9.17) is 11.6 Å². The number of nitrogens with zero attached hydrogens (tertiary/aromatic N) is 1. The van der Waals surface area contributed by atoms with Crippen LogP contribution >= 0.6 is 23.4 Å². The van der Waals surface area contributed by atoms with Crippen LogP contribution in [0, 0.1) is 0 Å². The zero-order valence-electron chi connectivity index (χ0n) is 11.4. The van der Waals surface area contributed by atoms with Gasteiger partial charge in [0.2, 0.25) is 0 Å². The largest absolute Gasteiger partial charge is 0.338 e. The van der Waals surface area contributed by atoms with Crippen LogP contribution in [0.2, 0.25) is 0 Å². The molecule has 21 heavy (non-hydrogen) atoms. The summed E-state index contributed by atoms with van der Waals surface area (Å²) in [7, 11) is 0. The first kappa shape index (κ1) is 13.1. The van der Waals surface area contributed by atoms with Gasteiger partial charge in [-0.2, -0.15) is 0 Å². The van der Waals surface area contributed by atoms with Crippen molar-refractivity contribution in [3.8, 4) is 0 Å². The third kappa shape index (κ3) is 2.10. The van der Waals surface area contributed by atoms with Gasteiger partial charge in [-0.25, -0.2) is 0 Å². The first-order valence-electron chi connectivity index (χ1n) is 7.00. The van der Waals surface area contributed by atoms with Crippen molar-refractivity contribution in [1.29, 1.82) is 0 Å². The molecule has 3 aromatic carbocycles. The van der Waals surface area contributed by atoms with Gasteiger partial charge in [-0.05, 0) is 23.6 Å². The highest BCUT2D eigenvalue weighted by atomic mass is 35.5. The number of fused-ring (bicyclic) bond motifs is 4. The molecule has 3 heteroatoms. The van der Waals surface area contributed by atoms with E-state index in [1.807, 2.05) is 11.8 Å². The number of alkyl halides is 1. The van der Waals surface area contributed by atoms with E-state index >= 15 is 0 Å². The van der Waals surface area contributed by atoms with E-state index in [2.05, 4.69) is 65.6 Å². The van der Waals surface area contributed by atoms with Crippen molar-refractivity contribution >= 4 is 45.5 Å². The Hall–Kier alpha value is -1.64. The Morgan fingerprint density at radius 2 is 1.67 bits per heavy atom. The minimum absolute atomic E-state index is 0.613. The molecular weight excluding hydrogens is 298 g/mol. The van der Waals surface area contributed by atoms with Crippen LogP contribution in [-0.2, 0) is 0 Å². The minimum Gasteiger partial charge on any atom is -0.338 e. The molecule has 104 valence electrons. The second-order valence-electron chi connectivity index (χ2n) is 5.04. The Kier molecular flexibility index (Phi) is 3.28. The smallest absolute Gasteiger partial charge is 0.0632 e. The molecule has 0 N–H and O–H groups in total. The summed E-state index contributed by atoms with van der Waals surface area (Å²) in [4.78, 5) is 4.96. The maximum atomic E-state index is 6.07. The molecule has 0 saturated carbocycles. The number of benzene rings is 3. The van der Waals surface area contributed by atoms with Gasteiger partial charge in [-0.3, -0.25) is 0 Å². The number of halogens is 1. The van der Waals surface area contributed by atoms with Crippen LogP contribution in [-0.4, -0.2) is 12.4 Å². The molecule has 1 aliphatic rings. The average Bonchev–Trinajstić information content (AvgIpc) is 2.54. The molecule has 0 amide bonds. The topological polar surface area (TPSA) is 3.24 Å². The van der Waals surface area contributed by atoms with Gasteiger partial charge in [0.05, 0.1) is 11.4 Å². The average molecular weight is 312 g/mol. The van der Waals surface area contributed by atoms with Crippen molar-refractivity contribution in [2.75, 3.05) is 17.3 Å². The summed E-state index contributed by atoms with van der Waals surface area (Å²) in [6, 6.07) is 21.5. The molecule has 3 aromatic rings. The highest BCUT2D eigenvalue weighted by Gasteiger charge is 2.24. The number of hydrogen-bond donors (Lipinski definition) is 0. The molecule has 4 rings (SSSR count). The predicted octanol–water partition coefficient (Wildman–Crippen LogP) is 5.68. The third-order valence-corrected chi connectivity index (χ3v) is 5.10. The lowest BCUT2D eigenvalue weighted by molar-refractivity contribution is 0.991. The highest BCUT2D eigenvalue weighted by Crippen LogP contribution is 2.50. The van der Waals surface area contributed by atoms with Crippen LogP contribution in [0.5, 0.6) is 0 Å². The van der Waals surface area contributed by atoms with Gasteiger partial charge in [-0.15, -0.1) is 11.6 Å². The molecule has 0 aliphatic carbocycles.